The predicted octanol–water partition coefficient (Wildman–Crippen LogP) is 2.34. The fourth-order valence-electron chi connectivity index (χ4n) is 2.23. The maximum Gasteiger partial charge on any atom is 0.417 e. The van der Waals surface area contributed by atoms with E-state index in [1.54, 1.807) is 12.3 Å². The Balaban J connectivity index is 1.93. The molecule has 3 rings (SSSR count). The van der Waals surface area contributed by atoms with Crippen molar-refractivity contribution in [3.8, 4) is 0 Å². The number of carbonyl (C=O) groups is 2. The first-order chi connectivity index (χ1) is 9.08. The predicted molar refractivity (Wildman–Crippen MR) is 70.1 cm³/mol. The van der Waals surface area contributed by atoms with Crippen LogP contribution < -0.4 is 0 Å². The van der Waals surface area contributed by atoms with Crippen molar-refractivity contribution < 1.29 is 14.3 Å². The van der Waals surface area contributed by atoms with Gasteiger partial charge in [0.15, 0.2) is 6.10 Å². The Labute approximate surface area is 114 Å². The average Bonchev–Trinajstić information content (AvgIpc) is 2.90. The van der Waals surface area contributed by atoms with E-state index in [1.807, 2.05) is 12.1 Å². The summed E-state index contributed by atoms with van der Waals surface area (Å²) >= 11 is 6.07. The van der Waals surface area contributed by atoms with Crippen LogP contribution in [0.4, 0.5) is 4.79 Å². The molecule has 1 atom stereocenters. The number of amides is 2. The maximum atomic E-state index is 11.8. The van der Waals surface area contributed by atoms with E-state index >= 15 is 0 Å². The molecule has 1 aliphatic heterocycles. The number of likely N-dealkylation sites (N-methyl/N-ethyl adjacent to an activating group) is 1. The number of cyclic esters (lactones) is 1. The summed E-state index contributed by atoms with van der Waals surface area (Å²) < 4.78 is 5.03. The van der Waals surface area contributed by atoms with Crippen molar-refractivity contribution in [1.29, 1.82) is 0 Å². The number of H-pyrrole nitrogens is 1. The molecule has 6 heteroatoms. The molecule has 5 nitrogen and oxygen atoms in total. The summed E-state index contributed by atoms with van der Waals surface area (Å²) in [4.78, 5) is 27.1. The summed E-state index contributed by atoms with van der Waals surface area (Å²) in [5.74, 6) is -0.318. The molecule has 1 N–H and O–H groups in total. The molecule has 1 saturated heterocycles. The highest BCUT2D eigenvalue weighted by Gasteiger charge is 2.38. The Kier molecular flexibility index (Phi) is 2.71. The number of rotatable bonds is 2. The second-order valence-corrected chi connectivity index (χ2v) is 4.86. The van der Waals surface area contributed by atoms with Gasteiger partial charge in [0.25, 0.3) is 5.91 Å². The van der Waals surface area contributed by atoms with E-state index in [0.29, 0.717) is 11.4 Å². The monoisotopic (exact) mass is 278 g/mol. The largest absolute Gasteiger partial charge is 0.435 e. The van der Waals surface area contributed by atoms with Gasteiger partial charge in [0.2, 0.25) is 0 Å². The number of aromatic amines is 1. The van der Waals surface area contributed by atoms with Gasteiger partial charge in [-0.25, -0.2) is 9.69 Å². The molecule has 0 saturated carbocycles. The van der Waals surface area contributed by atoms with Gasteiger partial charge in [-0.2, -0.15) is 0 Å². The number of carbonyl (C=O) groups excluding carboxylic acids is 2. The van der Waals surface area contributed by atoms with Crippen LogP contribution in [-0.2, 0) is 16.0 Å². The summed E-state index contributed by atoms with van der Waals surface area (Å²) in [5.41, 5.74) is 1.73. The van der Waals surface area contributed by atoms with Gasteiger partial charge in [-0.1, -0.05) is 23.7 Å². The number of hydrogen-bond acceptors (Lipinski definition) is 3. The molecule has 1 aromatic heterocycles. The van der Waals surface area contributed by atoms with Crippen molar-refractivity contribution in [3.05, 3.63) is 35.0 Å². The number of aromatic nitrogens is 1. The van der Waals surface area contributed by atoms with E-state index in [9.17, 15) is 9.59 Å². The SMILES string of the molecule is CN1C(=O)OC(Cc2c[nH]c3c(Cl)cccc23)C1=O. The van der Waals surface area contributed by atoms with Gasteiger partial charge in [-0.3, -0.25) is 4.79 Å². The molecular weight excluding hydrogens is 268 g/mol. The molecule has 1 aromatic carbocycles. The summed E-state index contributed by atoms with van der Waals surface area (Å²) in [5, 5.41) is 1.56. The number of fused-ring (bicyclic) bond motifs is 1. The zero-order chi connectivity index (χ0) is 13.6. The minimum Gasteiger partial charge on any atom is -0.435 e. The van der Waals surface area contributed by atoms with Crippen molar-refractivity contribution in [2.24, 2.45) is 0 Å². The van der Waals surface area contributed by atoms with Crippen LogP contribution in [0.15, 0.2) is 24.4 Å². The number of benzene rings is 1. The Morgan fingerprint density at radius 1 is 1.42 bits per heavy atom. The van der Waals surface area contributed by atoms with Gasteiger partial charge >= 0.3 is 6.09 Å². The van der Waals surface area contributed by atoms with Crippen LogP contribution >= 0.6 is 11.6 Å². The van der Waals surface area contributed by atoms with E-state index in [1.165, 1.54) is 7.05 Å². The fraction of sp³-hybridized carbons (Fsp3) is 0.231. The van der Waals surface area contributed by atoms with Crippen LogP contribution in [0.2, 0.25) is 5.02 Å². The van der Waals surface area contributed by atoms with E-state index in [2.05, 4.69) is 4.98 Å². The van der Waals surface area contributed by atoms with Gasteiger partial charge in [0.05, 0.1) is 10.5 Å². The number of imide groups is 1. The summed E-state index contributed by atoms with van der Waals surface area (Å²) in [6.07, 6.45) is 0.772. The molecule has 19 heavy (non-hydrogen) atoms. The lowest BCUT2D eigenvalue weighted by atomic mass is 10.1. The van der Waals surface area contributed by atoms with E-state index in [0.717, 1.165) is 21.4 Å². The summed E-state index contributed by atoms with van der Waals surface area (Å²) in [6.45, 7) is 0. The molecule has 0 radical (unpaired) electrons. The molecule has 1 fully saturated rings. The van der Waals surface area contributed by atoms with Gasteiger partial charge in [-0.05, 0) is 11.6 Å². The molecule has 1 aliphatic rings. The molecule has 98 valence electrons. The van der Waals surface area contributed by atoms with Gasteiger partial charge in [0.1, 0.15) is 0 Å². The lowest BCUT2D eigenvalue weighted by Crippen LogP contribution is -2.28. The van der Waals surface area contributed by atoms with Gasteiger partial charge in [-0.15, -0.1) is 0 Å². The Hall–Kier alpha value is -2.01. The van der Waals surface area contributed by atoms with Crippen molar-refractivity contribution >= 4 is 34.5 Å². The van der Waals surface area contributed by atoms with Crippen molar-refractivity contribution in [2.45, 2.75) is 12.5 Å². The van der Waals surface area contributed by atoms with Crippen LogP contribution in [0, 0.1) is 0 Å². The molecule has 1 unspecified atom stereocenters. The smallest absolute Gasteiger partial charge is 0.417 e. The van der Waals surface area contributed by atoms with E-state index < -0.39 is 12.2 Å². The number of nitrogens with one attached hydrogen (secondary N) is 1. The molecular formula is C13H11ClN2O3. The summed E-state index contributed by atoms with van der Waals surface area (Å²) in [6, 6.07) is 5.55. The zero-order valence-corrected chi connectivity index (χ0v) is 10.9. The van der Waals surface area contributed by atoms with Crippen molar-refractivity contribution in [2.75, 3.05) is 7.05 Å². The highest BCUT2D eigenvalue weighted by atomic mass is 35.5. The molecule has 0 spiro atoms. The lowest BCUT2D eigenvalue weighted by Gasteiger charge is -2.05. The van der Waals surface area contributed by atoms with Crippen LogP contribution in [0.1, 0.15) is 5.56 Å². The van der Waals surface area contributed by atoms with Crippen LogP contribution in [0.3, 0.4) is 0 Å². The average molecular weight is 279 g/mol. The van der Waals surface area contributed by atoms with Gasteiger partial charge in [0, 0.05) is 25.1 Å². The molecule has 0 bridgehead atoms. The Morgan fingerprint density at radius 3 is 2.89 bits per heavy atom. The second kappa shape index (κ2) is 4.28. The van der Waals surface area contributed by atoms with Crippen molar-refractivity contribution in [1.82, 2.24) is 9.88 Å². The van der Waals surface area contributed by atoms with Crippen LogP contribution in [0.25, 0.3) is 10.9 Å². The third-order valence-electron chi connectivity index (χ3n) is 3.28. The van der Waals surface area contributed by atoms with Crippen molar-refractivity contribution in [3.63, 3.8) is 0 Å². The Morgan fingerprint density at radius 2 is 2.21 bits per heavy atom. The number of para-hydroxylation sites is 1. The number of nitrogens with zero attached hydrogens (tertiary/aromatic N) is 1. The molecule has 2 amide bonds. The number of halogens is 1. The second-order valence-electron chi connectivity index (χ2n) is 4.45. The topological polar surface area (TPSA) is 62.4 Å². The quantitative estimate of drug-likeness (QED) is 0.917. The lowest BCUT2D eigenvalue weighted by molar-refractivity contribution is -0.128. The highest BCUT2D eigenvalue weighted by Crippen LogP contribution is 2.27. The molecule has 2 heterocycles. The number of ether oxygens (including phenoxy) is 1. The highest BCUT2D eigenvalue weighted by molar-refractivity contribution is 6.35. The van der Waals surface area contributed by atoms with E-state index in [4.69, 9.17) is 16.3 Å². The third kappa shape index (κ3) is 1.86. The minimum atomic E-state index is -0.754. The van der Waals surface area contributed by atoms with E-state index in [-0.39, 0.29) is 5.91 Å². The summed E-state index contributed by atoms with van der Waals surface area (Å²) in [7, 11) is 1.41. The molecule has 0 aliphatic carbocycles. The van der Waals surface area contributed by atoms with Crippen LogP contribution in [-0.4, -0.2) is 35.0 Å². The third-order valence-corrected chi connectivity index (χ3v) is 3.59. The maximum absolute atomic E-state index is 11.8. The van der Waals surface area contributed by atoms with Crippen LogP contribution in [0.5, 0.6) is 0 Å². The van der Waals surface area contributed by atoms with Gasteiger partial charge < -0.3 is 9.72 Å². The molecule has 2 aromatic rings. The first-order valence-corrected chi connectivity index (χ1v) is 6.18. The minimum absolute atomic E-state index is 0.318. The standard InChI is InChI=1S/C13H11ClN2O3/c1-16-12(17)10(19-13(16)18)5-7-6-15-11-8(7)3-2-4-9(11)14/h2-4,6,10,15H,5H2,1H3. The first kappa shape index (κ1) is 12.0. The fourth-order valence-corrected chi connectivity index (χ4v) is 2.46. The Bertz CT molecular complexity index is 680. The zero-order valence-electron chi connectivity index (χ0n) is 10.1. The first-order valence-electron chi connectivity index (χ1n) is 5.80. The number of hydrogen-bond donors (Lipinski definition) is 1. The normalized spacial score (nSPS) is 19.3.